The summed E-state index contributed by atoms with van der Waals surface area (Å²) in [5.74, 6) is 0. The molecule has 4 heteroatoms. The van der Waals surface area contributed by atoms with Gasteiger partial charge in [0.05, 0.1) is 26.4 Å². The molecule has 0 bridgehead atoms. The Kier molecular flexibility index (Phi) is 11.2. The molecule has 0 atom stereocenters. The summed E-state index contributed by atoms with van der Waals surface area (Å²) in [6.45, 7) is 3.11. The van der Waals surface area contributed by atoms with Gasteiger partial charge < -0.3 is 9.47 Å². The Bertz CT molecular complexity index is 29.5. The maximum atomic E-state index is 4.94. The van der Waals surface area contributed by atoms with Crippen molar-refractivity contribution in [2.75, 3.05) is 26.4 Å². The van der Waals surface area contributed by atoms with Gasteiger partial charge in [-0.3, -0.25) is 0 Å². The van der Waals surface area contributed by atoms with Crippen LogP contribution in [-0.2, 0) is 9.47 Å². The third-order valence-corrected chi connectivity index (χ3v) is 0.744. The fourth-order valence-corrected chi connectivity index (χ4v) is 0.440. The Morgan fingerprint density at radius 1 is 0.750 bits per heavy atom. The summed E-state index contributed by atoms with van der Waals surface area (Å²) >= 11 is 0. The van der Waals surface area contributed by atoms with Crippen molar-refractivity contribution in [1.82, 2.24) is 0 Å². The second-order valence-corrected chi connectivity index (χ2v) is 1.22. The van der Waals surface area contributed by atoms with Crippen molar-refractivity contribution >= 4 is 30.0 Å². The molecule has 1 rings (SSSR count). The monoisotopic (exact) mass is 202 g/mol. The molecule has 0 aromatic carbocycles. The molecule has 1 fully saturated rings. The van der Waals surface area contributed by atoms with E-state index in [1.807, 2.05) is 0 Å². The van der Waals surface area contributed by atoms with E-state index in [9.17, 15) is 0 Å². The van der Waals surface area contributed by atoms with Gasteiger partial charge in [-0.25, -0.2) is 0 Å². The fraction of sp³-hybridized carbons (Fsp3) is 1.00. The Hall–Kier alpha value is 0.753. The van der Waals surface area contributed by atoms with Crippen LogP contribution in [0.1, 0.15) is 0 Å². The Morgan fingerprint density at radius 2 is 1.00 bits per heavy atom. The van der Waals surface area contributed by atoms with E-state index in [0.29, 0.717) is 0 Å². The van der Waals surface area contributed by atoms with E-state index >= 15 is 0 Å². The normalized spacial score (nSPS) is 18.0. The van der Waals surface area contributed by atoms with Crippen molar-refractivity contribution in [2.24, 2.45) is 0 Å². The van der Waals surface area contributed by atoms with Crippen molar-refractivity contribution in [3.8, 4) is 0 Å². The molecule has 0 amide bonds. The molecule has 0 aromatic rings. The first kappa shape index (κ1) is 11.5. The summed E-state index contributed by atoms with van der Waals surface area (Å²) in [6.07, 6.45) is 0. The molecule has 1 heterocycles. The number of halogens is 1. The van der Waals surface area contributed by atoms with E-state index in [-0.39, 0.29) is 30.0 Å². The van der Waals surface area contributed by atoms with Gasteiger partial charge in [0.15, 0.2) is 0 Å². The second-order valence-electron chi connectivity index (χ2n) is 1.22. The summed E-state index contributed by atoms with van der Waals surface area (Å²) in [5, 5.41) is 0. The predicted octanol–water partition coefficient (Wildman–Crippen LogP) is -0.997. The van der Waals surface area contributed by atoms with Gasteiger partial charge in [-0.15, -0.1) is 12.4 Å². The van der Waals surface area contributed by atoms with Crippen LogP contribution in [0.2, 0.25) is 0 Å². The molecule has 1 saturated heterocycles. The van der Waals surface area contributed by atoms with Gasteiger partial charge in [0.1, 0.15) is 0 Å². The van der Waals surface area contributed by atoms with Crippen LogP contribution in [0.25, 0.3) is 0 Å². The first-order valence-corrected chi connectivity index (χ1v) is 2.15. The van der Waals surface area contributed by atoms with Gasteiger partial charge in [-0.05, 0) is 0 Å². The molecule has 0 unspecified atom stereocenters. The molecular weight excluding hydrogens is 188 g/mol. The third-order valence-electron chi connectivity index (χ3n) is 0.744. The molecule has 0 aromatic heterocycles. The average Bonchev–Trinajstić information content (AvgIpc) is 1.72. The van der Waals surface area contributed by atoms with E-state index in [1.165, 1.54) is 0 Å². The predicted molar refractivity (Wildman–Crippen MR) is 40.2 cm³/mol. The zero-order valence-electron chi connectivity index (χ0n) is 4.05. The van der Waals surface area contributed by atoms with Gasteiger partial charge in [-0.1, -0.05) is 0 Å². The first-order valence-electron chi connectivity index (χ1n) is 2.15. The second kappa shape index (κ2) is 7.75. The summed E-state index contributed by atoms with van der Waals surface area (Å²) < 4.78 is 9.89. The van der Waals surface area contributed by atoms with E-state index in [2.05, 4.69) is 0 Å². The van der Waals surface area contributed by atoms with Gasteiger partial charge in [0.25, 0.3) is 0 Å². The quantitative estimate of drug-likeness (QED) is 0.468. The maximum absolute atomic E-state index is 4.94. The van der Waals surface area contributed by atoms with Crippen molar-refractivity contribution in [3.63, 3.8) is 0 Å². The molecule has 52 valence electrons. The molecule has 0 aliphatic carbocycles. The number of hydrogen-bond acceptors (Lipinski definition) is 2. The number of ether oxygens (including phenoxy) is 2. The zero-order chi connectivity index (χ0) is 4.24. The molecule has 0 saturated carbocycles. The number of rotatable bonds is 0. The van der Waals surface area contributed by atoms with E-state index in [4.69, 9.17) is 9.47 Å². The summed E-state index contributed by atoms with van der Waals surface area (Å²) in [5.41, 5.74) is 0. The SMILES string of the molecule is C1COCCO1.Cl.[GeH4]. The number of hydrogen-bond donors (Lipinski definition) is 0. The minimum atomic E-state index is 0. The molecule has 1 aliphatic heterocycles. The topological polar surface area (TPSA) is 18.5 Å². The van der Waals surface area contributed by atoms with Crippen LogP contribution in [0.4, 0.5) is 0 Å². The molecule has 0 spiro atoms. The van der Waals surface area contributed by atoms with Crippen molar-refractivity contribution in [1.29, 1.82) is 0 Å². The summed E-state index contributed by atoms with van der Waals surface area (Å²) in [7, 11) is 0. The van der Waals surface area contributed by atoms with E-state index < -0.39 is 0 Å². The van der Waals surface area contributed by atoms with Crippen molar-refractivity contribution < 1.29 is 9.47 Å². The fourth-order valence-electron chi connectivity index (χ4n) is 0.440. The van der Waals surface area contributed by atoms with E-state index in [1.54, 1.807) is 0 Å². The summed E-state index contributed by atoms with van der Waals surface area (Å²) in [6, 6.07) is 0. The molecule has 1 aliphatic rings. The third kappa shape index (κ3) is 4.90. The van der Waals surface area contributed by atoms with Crippen LogP contribution < -0.4 is 0 Å². The van der Waals surface area contributed by atoms with Gasteiger partial charge in [0, 0.05) is 0 Å². The molecule has 8 heavy (non-hydrogen) atoms. The van der Waals surface area contributed by atoms with Gasteiger partial charge in [-0.2, -0.15) is 0 Å². The van der Waals surface area contributed by atoms with Crippen LogP contribution >= 0.6 is 12.4 Å². The van der Waals surface area contributed by atoms with Crippen LogP contribution in [0, 0.1) is 0 Å². The van der Waals surface area contributed by atoms with Crippen molar-refractivity contribution in [2.45, 2.75) is 0 Å². The molecule has 2 nitrogen and oxygen atoms in total. The van der Waals surface area contributed by atoms with Crippen molar-refractivity contribution in [3.05, 3.63) is 0 Å². The summed E-state index contributed by atoms with van der Waals surface area (Å²) in [4.78, 5) is 0. The van der Waals surface area contributed by atoms with Gasteiger partial charge >= 0.3 is 17.6 Å². The average molecular weight is 201 g/mol. The minimum absolute atomic E-state index is 0. The van der Waals surface area contributed by atoms with Crippen LogP contribution in [0.3, 0.4) is 0 Å². The van der Waals surface area contributed by atoms with Crippen LogP contribution in [0.15, 0.2) is 0 Å². The Balaban J connectivity index is 0. The van der Waals surface area contributed by atoms with Gasteiger partial charge in [0.2, 0.25) is 0 Å². The molecular formula is C4H13ClGeO2. The molecule has 0 N–H and O–H groups in total. The standard InChI is InChI=1S/C4H8O2.ClH.GeH4/c1-2-6-4-3-5-1;;/h1-4H2;1H;1H4. The Labute approximate surface area is 66.3 Å². The van der Waals surface area contributed by atoms with E-state index in [0.717, 1.165) is 26.4 Å². The Morgan fingerprint density at radius 3 is 1.12 bits per heavy atom. The van der Waals surface area contributed by atoms with Crippen LogP contribution in [-0.4, -0.2) is 44.0 Å². The zero-order valence-corrected chi connectivity index (χ0v) is 4.87. The van der Waals surface area contributed by atoms with Crippen LogP contribution in [0.5, 0.6) is 0 Å². The molecule has 0 radical (unpaired) electrons. The first-order chi connectivity index (χ1) is 3.00.